The number of hydrogen-bond acceptors (Lipinski definition) is 4. The first-order valence-corrected chi connectivity index (χ1v) is 8.27. The zero-order chi connectivity index (χ0) is 14.5. The van der Waals surface area contributed by atoms with Crippen molar-refractivity contribution in [3.05, 3.63) is 0 Å². The molecule has 0 amide bonds. The molecule has 3 atom stereocenters. The van der Waals surface area contributed by atoms with Crippen molar-refractivity contribution in [1.82, 2.24) is 10.2 Å². The van der Waals surface area contributed by atoms with Crippen molar-refractivity contribution in [2.45, 2.75) is 70.2 Å². The lowest BCUT2D eigenvalue weighted by Crippen LogP contribution is -2.55. The van der Waals surface area contributed by atoms with Crippen molar-refractivity contribution in [3.8, 4) is 0 Å². The van der Waals surface area contributed by atoms with Crippen LogP contribution < -0.4 is 5.32 Å². The van der Waals surface area contributed by atoms with Crippen LogP contribution in [0.15, 0.2) is 0 Å². The Kier molecular flexibility index (Phi) is 6.27. The summed E-state index contributed by atoms with van der Waals surface area (Å²) >= 11 is 0. The second-order valence-electron chi connectivity index (χ2n) is 7.07. The molecule has 0 spiro atoms. The van der Waals surface area contributed by atoms with E-state index in [0.29, 0.717) is 25.1 Å². The van der Waals surface area contributed by atoms with Crippen LogP contribution in [0, 0.1) is 5.92 Å². The summed E-state index contributed by atoms with van der Waals surface area (Å²) in [4.78, 5) is 2.57. The summed E-state index contributed by atoms with van der Waals surface area (Å²) in [7, 11) is 2.28. The van der Waals surface area contributed by atoms with Crippen LogP contribution in [-0.4, -0.2) is 61.0 Å². The molecular weight excluding hydrogens is 252 g/mol. The van der Waals surface area contributed by atoms with Gasteiger partial charge in [-0.2, -0.15) is 0 Å². The predicted molar refractivity (Wildman–Crippen MR) is 81.9 cm³/mol. The lowest BCUT2D eigenvalue weighted by atomic mass is 9.82. The van der Waals surface area contributed by atoms with E-state index < -0.39 is 0 Å². The van der Waals surface area contributed by atoms with E-state index in [9.17, 15) is 5.11 Å². The molecule has 2 fully saturated rings. The maximum absolute atomic E-state index is 9.95. The van der Waals surface area contributed by atoms with Gasteiger partial charge >= 0.3 is 0 Å². The van der Waals surface area contributed by atoms with Crippen LogP contribution in [0.25, 0.3) is 0 Å². The van der Waals surface area contributed by atoms with Crippen molar-refractivity contribution in [3.63, 3.8) is 0 Å². The SMILES string of the molecule is CC(C)COCC(O)CNC1CC2CCCC(C1)N2C. The zero-order valence-electron chi connectivity index (χ0n) is 13.3. The first-order valence-electron chi connectivity index (χ1n) is 8.27. The summed E-state index contributed by atoms with van der Waals surface area (Å²) in [6, 6.07) is 2.06. The molecule has 0 aliphatic carbocycles. The van der Waals surface area contributed by atoms with E-state index in [1.165, 1.54) is 32.1 Å². The number of nitrogens with zero attached hydrogens (tertiary/aromatic N) is 1. The molecule has 0 saturated carbocycles. The van der Waals surface area contributed by atoms with Crippen LogP contribution in [0.4, 0.5) is 0 Å². The highest BCUT2D eigenvalue weighted by Crippen LogP contribution is 2.32. The van der Waals surface area contributed by atoms with Gasteiger partial charge < -0.3 is 20.1 Å². The Hall–Kier alpha value is -0.160. The van der Waals surface area contributed by atoms with Crippen molar-refractivity contribution in [2.75, 3.05) is 26.8 Å². The van der Waals surface area contributed by atoms with E-state index in [2.05, 4.69) is 31.1 Å². The average Bonchev–Trinajstić information content (AvgIpc) is 2.36. The van der Waals surface area contributed by atoms with Gasteiger partial charge in [0.1, 0.15) is 0 Å². The zero-order valence-corrected chi connectivity index (χ0v) is 13.3. The number of ether oxygens (including phenoxy) is 1. The molecule has 2 heterocycles. The second kappa shape index (κ2) is 7.74. The largest absolute Gasteiger partial charge is 0.389 e. The number of fused-ring (bicyclic) bond motifs is 2. The Morgan fingerprint density at radius 3 is 2.45 bits per heavy atom. The fourth-order valence-electron chi connectivity index (χ4n) is 3.58. The van der Waals surface area contributed by atoms with E-state index in [-0.39, 0.29) is 6.10 Å². The molecule has 0 radical (unpaired) electrons. The van der Waals surface area contributed by atoms with Gasteiger partial charge in [0.25, 0.3) is 0 Å². The van der Waals surface area contributed by atoms with Crippen LogP contribution >= 0.6 is 0 Å². The molecular formula is C16H32N2O2. The van der Waals surface area contributed by atoms with Gasteiger partial charge in [0.2, 0.25) is 0 Å². The molecule has 2 saturated heterocycles. The number of aliphatic hydroxyl groups excluding tert-OH is 1. The second-order valence-corrected chi connectivity index (χ2v) is 7.07. The topological polar surface area (TPSA) is 44.7 Å². The third-order valence-corrected chi connectivity index (χ3v) is 4.74. The molecule has 2 aliphatic heterocycles. The highest BCUT2D eigenvalue weighted by molar-refractivity contribution is 4.93. The van der Waals surface area contributed by atoms with Gasteiger partial charge in [0, 0.05) is 31.3 Å². The Bertz CT molecular complexity index is 272. The smallest absolute Gasteiger partial charge is 0.0897 e. The molecule has 2 rings (SSSR count). The standard InChI is InChI=1S/C16H32N2O2/c1-12(2)10-20-11-16(19)9-17-13-7-14-5-4-6-15(8-13)18(14)3/h12-17,19H,4-11H2,1-3H3. The molecule has 20 heavy (non-hydrogen) atoms. The molecule has 2 bridgehead atoms. The number of piperidine rings is 2. The van der Waals surface area contributed by atoms with Crippen molar-refractivity contribution in [1.29, 1.82) is 0 Å². The average molecular weight is 284 g/mol. The van der Waals surface area contributed by atoms with Gasteiger partial charge in [0.05, 0.1) is 12.7 Å². The quantitative estimate of drug-likeness (QED) is 0.746. The first-order chi connectivity index (χ1) is 9.56. The minimum Gasteiger partial charge on any atom is -0.389 e. The summed E-state index contributed by atoms with van der Waals surface area (Å²) in [6.45, 7) is 6.09. The third kappa shape index (κ3) is 4.69. The van der Waals surface area contributed by atoms with Crippen LogP contribution in [0.2, 0.25) is 0 Å². The number of hydrogen-bond donors (Lipinski definition) is 2. The molecule has 3 unspecified atom stereocenters. The van der Waals surface area contributed by atoms with Crippen molar-refractivity contribution in [2.24, 2.45) is 5.92 Å². The number of rotatable bonds is 7. The predicted octanol–water partition coefficient (Wildman–Crippen LogP) is 1.62. The normalized spacial score (nSPS) is 32.5. The van der Waals surface area contributed by atoms with Gasteiger partial charge in [0.15, 0.2) is 0 Å². The minimum atomic E-state index is -0.381. The van der Waals surface area contributed by atoms with Crippen molar-refractivity contribution >= 4 is 0 Å². The monoisotopic (exact) mass is 284 g/mol. The molecule has 2 aliphatic rings. The summed E-state index contributed by atoms with van der Waals surface area (Å²) in [6.07, 6.45) is 6.14. The molecule has 118 valence electrons. The molecule has 0 aromatic rings. The fraction of sp³-hybridized carbons (Fsp3) is 1.00. The summed E-state index contributed by atoms with van der Waals surface area (Å²) in [5.41, 5.74) is 0. The Labute approximate surface area is 123 Å². The van der Waals surface area contributed by atoms with E-state index in [4.69, 9.17) is 4.74 Å². The highest BCUT2D eigenvalue weighted by Gasteiger charge is 2.35. The van der Waals surface area contributed by atoms with Gasteiger partial charge in [-0.15, -0.1) is 0 Å². The molecule has 0 aromatic carbocycles. The fourth-order valence-corrected chi connectivity index (χ4v) is 3.58. The van der Waals surface area contributed by atoms with Crippen LogP contribution in [0.5, 0.6) is 0 Å². The highest BCUT2D eigenvalue weighted by atomic mass is 16.5. The van der Waals surface area contributed by atoms with Crippen LogP contribution in [-0.2, 0) is 4.74 Å². The van der Waals surface area contributed by atoms with Gasteiger partial charge in [-0.1, -0.05) is 20.3 Å². The summed E-state index contributed by atoms with van der Waals surface area (Å²) in [5, 5.41) is 13.5. The lowest BCUT2D eigenvalue weighted by molar-refractivity contribution is 0.0164. The Balaban J connectivity index is 1.64. The van der Waals surface area contributed by atoms with Crippen molar-refractivity contribution < 1.29 is 9.84 Å². The number of aliphatic hydroxyl groups is 1. The summed E-state index contributed by atoms with van der Waals surface area (Å²) < 4.78 is 5.49. The van der Waals surface area contributed by atoms with E-state index >= 15 is 0 Å². The molecule has 4 nitrogen and oxygen atoms in total. The Morgan fingerprint density at radius 2 is 1.85 bits per heavy atom. The summed E-state index contributed by atoms with van der Waals surface area (Å²) in [5.74, 6) is 0.531. The first kappa shape index (κ1) is 16.2. The lowest BCUT2D eigenvalue weighted by Gasteiger charge is -2.47. The van der Waals surface area contributed by atoms with Crippen LogP contribution in [0.3, 0.4) is 0 Å². The molecule has 4 heteroatoms. The van der Waals surface area contributed by atoms with Gasteiger partial charge in [-0.25, -0.2) is 0 Å². The Morgan fingerprint density at radius 1 is 1.20 bits per heavy atom. The maximum atomic E-state index is 9.95. The molecule has 0 aromatic heterocycles. The molecule has 2 N–H and O–H groups in total. The van der Waals surface area contributed by atoms with Gasteiger partial charge in [-0.3, -0.25) is 0 Å². The van der Waals surface area contributed by atoms with Crippen LogP contribution in [0.1, 0.15) is 46.0 Å². The minimum absolute atomic E-state index is 0.381. The number of nitrogens with one attached hydrogen (secondary N) is 1. The van der Waals surface area contributed by atoms with E-state index in [1.807, 2.05) is 0 Å². The van der Waals surface area contributed by atoms with Gasteiger partial charge in [-0.05, 0) is 38.6 Å². The maximum Gasteiger partial charge on any atom is 0.0897 e. The third-order valence-electron chi connectivity index (χ3n) is 4.74. The van der Waals surface area contributed by atoms with E-state index in [1.54, 1.807) is 0 Å². The van der Waals surface area contributed by atoms with E-state index in [0.717, 1.165) is 18.7 Å².